The highest BCUT2D eigenvalue weighted by molar-refractivity contribution is 7.80. The van der Waals surface area contributed by atoms with E-state index >= 15 is 0 Å². The number of nitrogens with zero attached hydrogens (tertiary/aromatic N) is 1. The lowest BCUT2D eigenvalue weighted by molar-refractivity contribution is 0.372. The van der Waals surface area contributed by atoms with Crippen LogP contribution in [0.5, 0.6) is 23.0 Å². The highest BCUT2D eigenvalue weighted by Gasteiger charge is 2.16. The van der Waals surface area contributed by atoms with Gasteiger partial charge in [-0.1, -0.05) is 18.2 Å². The van der Waals surface area contributed by atoms with E-state index in [4.69, 9.17) is 31.2 Å². The Hall–Kier alpha value is -3.45. The van der Waals surface area contributed by atoms with Crippen LogP contribution >= 0.6 is 12.2 Å². The van der Waals surface area contributed by atoms with Crippen LogP contribution in [0.1, 0.15) is 11.1 Å². The van der Waals surface area contributed by atoms with E-state index in [-0.39, 0.29) is 0 Å². The van der Waals surface area contributed by atoms with Crippen LogP contribution in [-0.2, 0) is 13.1 Å². The van der Waals surface area contributed by atoms with Gasteiger partial charge in [0, 0.05) is 30.4 Å². The lowest BCUT2D eigenvalue weighted by Crippen LogP contribution is -2.34. The highest BCUT2D eigenvalue weighted by Crippen LogP contribution is 2.27. The summed E-state index contributed by atoms with van der Waals surface area (Å²) in [5.74, 6) is 3.10. The monoisotopic (exact) mass is 452 g/mol. The van der Waals surface area contributed by atoms with E-state index < -0.39 is 0 Å². The third-order valence-electron chi connectivity index (χ3n) is 4.99. The summed E-state index contributed by atoms with van der Waals surface area (Å²) in [5.41, 5.74) is 2.92. The van der Waals surface area contributed by atoms with Crippen molar-refractivity contribution in [3.63, 3.8) is 0 Å². The predicted octanol–water partition coefficient (Wildman–Crippen LogP) is 5.12. The van der Waals surface area contributed by atoms with E-state index in [2.05, 4.69) is 10.2 Å². The first-order valence-electron chi connectivity index (χ1n) is 10.1. The van der Waals surface area contributed by atoms with Crippen molar-refractivity contribution < 1.29 is 18.9 Å². The van der Waals surface area contributed by atoms with Crippen molar-refractivity contribution in [2.24, 2.45) is 0 Å². The minimum atomic E-state index is 0.530. The summed E-state index contributed by atoms with van der Waals surface area (Å²) in [4.78, 5) is 2.08. The molecule has 0 atom stereocenters. The van der Waals surface area contributed by atoms with Gasteiger partial charge in [0.25, 0.3) is 0 Å². The lowest BCUT2D eigenvalue weighted by atomic mass is 10.1. The average molecular weight is 453 g/mol. The van der Waals surface area contributed by atoms with Crippen molar-refractivity contribution in [1.29, 1.82) is 0 Å². The number of nitrogens with one attached hydrogen (secondary N) is 1. The maximum atomic E-state index is 5.80. The van der Waals surface area contributed by atoms with Crippen LogP contribution in [0.15, 0.2) is 66.7 Å². The molecule has 0 amide bonds. The maximum Gasteiger partial charge on any atom is 0.174 e. The Labute approximate surface area is 194 Å². The topological polar surface area (TPSA) is 52.2 Å². The fourth-order valence-corrected chi connectivity index (χ4v) is 3.51. The second-order valence-electron chi connectivity index (χ2n) is 7.04. The number of anilines is 1. The van der Waals surface area contributed by atoms with Crippen molar-refractivity contribution in [2.45, 2.75) is 13.1 Å². The van der Waals surface area contributed by atoms with Crippen molar-refractivity contribution in [1.82, 2.24) is 4.90 Å². The maximum absolute atomic E-state index is 5.80. The first kappa shape index (κ1) is 23.2. The van der Waals surface area contributed by atoms with E-state index in [9.17, 15) is 0 Å². The fourth-order valence-electron chi connectivity index (χ4n) is 3.27. The first-order valence-corrected chi connectivity index (χ1v) is 10.5. The molecule has 0 bridgehead atoms. The molecule has 0 aliphatic rings. The van der Waals surface area contributed by atoms with Gasteiger partial charge in [0.05, 0.1) is 28.4 Å². The van der Waals surface area contributed by atoms with Gasteiger partial charge in [-0.05, 0) is 60.2 Å². The number of rotatable bonds is 9. The van der Waals surface area contributed by atoms with E-state index in [1.165, 1.54) is 0 Å². The number of hydrogen-bond acceptors (Lipinski definition) is 5. The molecule has 0 aliphatic carbocycles. The number of thiocarbonyl (C=S) groups is 1. The van der Waals surface area contributed by atoms with Crippen LogP contribution in [0.25, 0.3) is 0 Å². The first-order chi connectivity index (χ1) is 15.6. The van der Waals surface area contributed by atoms with Crippen LogP contribution < -0.4 is 24.3 Å². The van der Waals surface area contributed by atoms with Gasteiger partial charge >= 0.3 is 0 Å². The summed E-state index contributed by atoms with van der Waals surface area (Å²) in [6, 6.07) is 21.4. The van der Waals surface area contributed by atoms with Gasteiger partial charge in [0.1, 0.15) is 23.0 Å². The molecule has 0 heterocycles. The third kappa shape index (κ3) is 6.04. The molecule has 3 aromatic carbocycles. The zero-order valence-corrected chi connectivity index (χ0v) is 19.6. The van der Waals surface area contributed by atoms with Gasteiger partial charge in [-0.3, -0.25) is 0 Å². The Morgan fingerprint density at radius 3 is 2.06 bits per heavy atom. The summed E-state index contributed by atoms with van der Waals surface area (Å²) >= 11 is 5.80. The Morgan fingerprint density at radius 1 is 0.750 bits per heavy atom. The zero-order chi connectivity index (χ0) is 22.9. The van der Waals surface area contributed by atoms with Gasteiger partial charge in [0.2, 0.25) is 0 Å². The molecular formula is C25H28N2O4S. The largest absolute Gasteiger partial charge is 0.497 e. The minimum Gasteiger partial charge on any atom is -0.497 e. The molecule has 0 radical (unpaired) electrons. The molecule has 0 saturated heterocycles. The van der Waals surface area contributed by atoms with Crippen molar-refractivity contribution in [2.75, 3.05) is 33.8 Å². The zero-order valence-electron chi connectivity index (χ0n) is 18.8. The second-order valence-corrected chi connectivity index (χ2v) is 7.43. The predicted molar refractivity (Wildman–Crippen MR) is 131 cm³/mol. The molecule has 0 spiro atoms. The molecule has 0 aliphatic heterocycles. The third-order valence-corrected chi connectivity index (χ3v) is 5.35. The van der Waals surface area contributed by atoms with Crippen molar-refractivity contribution in [3.05, 3.63) is 77.9 Å². The summed E-state index contributed by atoms with van der Waals surface area (Å²) < 4.78 is 21.6. The molecule has 0 fully saturated rings. The molecule has 3 aromatic rings. The summed E-state index contributed by atoms with van der Waals surface area (Å²) in [6.07, 6.45) is 0. The molecule has 6 nitrogen and oxygen atoms in total. The normalized spacial score (nSPS) is 10.2. The molecule has 1 N–H and O–H groups in total. The van der Waals surface area contributed by atoms with Gasteiger partial charge in [-0.2, -0.15) is 0 Å². The van der Waals surface area contributed by atoms with Crippen LogP contribution in [-0.4, -0.2) is 38.5 Å². The molecule has 168 valence electrons. The van der Waals surface area contributed by atoms with Crippen LogP contribution in [0, 0.1) is 0 Å². The fraction of sp³-hybridized carbons (Fsp3) is 0.240. The number of benzene rings is 3. The van der Waals surface area contributed by atoms with Gasteiger partial charge in [-0.25, -0.2) is 0 Å². The summed E-state index contributed by atoms with van der Waals surface area (Å²) in [5, 5.41) is 3.91. The summed E-state index contributed by atoms with van der Waals surface area (Å²) in [7, 11) is 6.60. The quantitative estimate of drug-likeness (QED) is 0.452. The highest BCUT2D eigenvalue weighted by atomic mass is 32.1. The molecule has 0 aromatic heterocycles. The van der Waals surface area contributed by atoms with Crippen LogP contribution in [0.3, 0.4) is 0 Å². The molecule has 32 heavy (non-hydrogen) atoms. The standard InChI is InChI=1S/C25H28N2O4S/c1-28-21-10-8-18(9-11-21)16-27(17-19-14-23(30-3)12-13-24(19)31-4)25(32)26-20-6-5-7-22(15-20)29-2/h5-15H,16-17H2,1-4H3,(H,26,32). The van der Waals surface area contributed by atoms with E-state index in [1.54, 1.807) is 28.4 Å². The van der Waals surface area contributed by atoms with E-state index in [0.29, 0.717) is 18.2 Å². The van der Waals surface area contributed by atoms with E-state index in [0.717, 1.165) is 39.8 Å². The Bertz CT molecular complexity index is 1040. The van der Waals surface area contributed by atoms with Crippen molar-refractivity contribution >= 4 is 23.0 Å². The number of methoxy groups -OCH3 is 4. The molecule has 0 saturated carbocycles. The number of hydrogen-bond donors (Lipinski definition) is 1. The van der Waals surface area contributed by atoms with Gasteiger partial charge < -0.3 is 29.2 Å². The smallest absolute Gasteiger partial charge is 0.174 e. The van der Waals surface area contributed by atoms with Gasteiger partial charge in [0.15, 0.2) is 5.11 Å². The van der Waals surface area contributed by atoms with Crippen molar-refractivity contribution in [3.8, 4) is 23.0 Å². The van der Waals surface area contributed by atoms with Crippen LogP contribution in [0.4, 0.5) is 5.69 Å². The average Bonchev–Trinajstić information content (AvgIpc) is 2.84. The van der Waals surface area contributed by atoms with Gasteiger partial charge in [-0.15, -0.1) is 0 Å². The number of ether oxygens (including phenoxy) is 4. The Kier molecular flexibility index (Phi) is 8.16. The molecule has 3 rings (SSSR count). The second kappa shape index (κ2) is 11.2. The lowest BCUT2D eigenvalue weighted by Gasteiger charge is -2.27. The minimum absolute atomic E-state index is 0.530. The SMILES string of the molecule is COc1ccc(CN(Cc2cc(OC)ccc2OC)C(=S)Nc2cccc(OC)c2)cc1. The molecule has 0 unspecified atom stereocenters. The Morgan fingerprint density at radius 2 is 1.41 bits per heavy atom. The molecular weight excluding hydrogens is 424 g/mol. The van der Waals surface area contributed by atoms with E-state index in [1.807, 2.05) is 66.7 Å². The van der Waals surface area contributed by atoms with Crippen LogP contribution in [0.2, 0.25) is 0 Å². The molecule has 7 heteroatoms. The Balaban J connectivity index is 1.88. The summed E-state index contributed by atoms with van der Waals surface area (Å²) in [6.45, 7) is 1.13.